The van der Waals surface area contributed by atoms with Gasteiger partial charge in [0.25, 0.3) is 5.91 Å². The van der Waals surface area contributed by atoms with Crippen LogP contribution in [0.15, 0.2) is 18.2 Å². The number of hydrogen-bond acceptors (Lipinski definition) is 2. The molecule has 0 aromatic heterocycles. The van der Waals surface area contributed by atoms with Gasteiger partial charge < -0.3 is 11.1 Å². The van der Waals surface area contributed by atoms with Crippen LogP contribution in [0.5, 0.6) is 0 Å². The largest absolute Gasteiger partial charge is 0.352 e. The van der Waals surface area contributed by atoms with Gasteiger partial charge in [-0.05, 0) is 30.7 Å². The monoisotopic (exact) mass is 296 g/mol. The fourth-order valence-electron chi connectivity index (χ4n) is 1.09. The van der Waals surface area contributed by atoms with Crippen molar-refractivity contribution in [3.63, 3.8) is 0 Å². The first kappa shape index (κ1) is 16.5. The Kier molecular flexibility index (Phi) is 7.55. The Morgan fingerprint density at radius 2 is 2.06 bits per heavy atom. The van der Waals surface area contributed by atoms with Gasteiger partial charge in [-0.15, -0.1) is 12.4 Å². The molecule has 0 fully saturated rings. The highest BCUT2D eigenvalue weighted by molar-refractivity contribution is 6.42. The molecule has 1 unspecified atom stereocenters. The lowest BCUT2D eigenvalue weighted by Crippen LogP contribution is -2.31. The van der Waals surface area contributed by atoms with Crippen molar-refractivity contribution in [1.82, 2.24) is 5.32 Å². The van der Waals surface area contributed by atoms with Gasteiger partial charge in [-0.3, -0.25) is 4.79 Å². The number of amides is 1. The molecule has 17 heavy (non-hydrogen) atoms. The van der Waals surface area contributed by atoms with E-state index in [2.05, 4.69) is 5.32 Å². The summed E-state index contributed by atoms with van der Waals surface area (Å²) in [7, 11) is 0. The molecule has 0 saturated carbocycles. The van der Waals surface area contributed by atoms with E-state index in [1.54, 1.807) is 18.2 Å². The Bertz CT molecular complexity index is 385. The molecule has 0 aliphatic rings. The summed E-state index contributed by atoms with van der Waals surface area (Å²) < 4.78 is 0. The molecule has 1 rings (SSSR count). The van der Waals surface area contributed by atoms with Crippen LogP contribution in [0.3, 0.4) is 0 Å². The first-order valence-electron chi connectivity index (χ1n) is 4.98. The molecule has 0 bridgehead atoms. The topological polar surface area (TPSA) is 55.1 Å². The number of hydrogen-bond donors (Lipinski definition) is 2. The molecule has 0 spiro atoms. The Morgan fingerprint density at radius 3 is 2.59 bits per heavy atom. The number of rotatable bonds is 4. The van der Waals surface area contributed by atoms with Crippen molar-refractivity contribution in [1.29, 1.82) is 0 Å². The van der Waals surface area contributed by atoms with Crippen molar-refractivity contribution >= 4 is 41.5 Å². The van der Waals surface area contributed by atoms with Crippen molar-refractivity contribution in [2.24, 2.45) is 11.7 Å². The van der Waals surface area contributed by atoms with E-state index in [4.69, 9.17) is 28.9 Å². The van der Waals surface area contributed by atoms with E-state index in [9.17, 15) is 4.79 Å². The van der Waals surface area contributed by atoms with Gasteiger partial charge in [0.2, 0.25) is 0 Å². The Hall–Kier alpha value is -0.480. The summed E-state index contributed by atoms with van der Waals surface area (Å²) in [6, 6.07) is 4.79. The molecule has 6 heteroatoms. The third-order valence-corrected chi connectivity index (χ3v) is 2.93. The summed E-state index contributed by atoms with van der Waals surface area (Å²) in [4.78, 5) is 11.7. The predicted molar refractivity (Wildman–Crippen MR) is 74.3 cm³/mol. The maximum Gasteiger partial charge on any atom is 0.251 e. The molecule has 96 valence electrons. The summed E-state index contributed by atoms with van der Waals surface area (Å²) in [5, 5.41) is 3.59. The van der Waals surface area contributed by atoms with Gasteiger partial charge in [0.15, 0.2) is 0 Å². The van der Waals surface area contributed by atoms with Crippen molar-refractivity contribution in [2.75, 3.05) is 13.1 Å². The minimum Gasteiger partial charge on any atom is -0.352 e. The van der Waals surface area contributed by atoms with Crippen molar-refractivity contribution in [3.05, 3.63) is 33.8 Å². The third kappa shape index (κ3) is 5.13. The van der Waals surface area contributed by atoms with Crippen molar-refractivity contribution in [3.8, 4) is 0 Å². The highest BCUT2D eigenvalue weighted by atomic mass is 35.5. The minimum absolute atomic E-state index is 0. The van der Waals surface area contributed by atoms with Crippen LogP contribution < -0.4 is 11.1 Å². The molecular weight excluding hydrogens is 282 g/mol. The molecule has 1 aromatic carbocycles. The second kappa shape index (κ2) is 7.77. The van der Waals surface area contributed by atoms with E-state index < -0.39 is 0 Å². The van der Waals surface area contributed by atoms with Crippen LogP contribution in [0, 0.1) is 5.92 Å². The summed E-state index contributed by atoms with van der Waals surface area (Å²) in [5.41, 5.74) is 5.95. The number of nitrogens with one attached hydrogen (secondary N) is 1. The number of nitrogens with two attached hydrogens (primary N) is 1. The zero-order valence-corrected chi connectivity index (χ0v) is 11.7. The van der Waals surface area contributed by atoms with E-state index in [1.807, 2.05) is 6.92 Å². The number of carbonyl (C=O) groups excluding carboxylic acids is 1. The predicted octanol–water partition coefficient (Wildman–Crippen LogP) is 2.74. The second-order valence-corrected chi connectivity index (χ2v) is 4.49. The Morgan fingerprint density at radius 1 is 1.41 bits per heavy atom. The van der Waals surface area contributed by atoms with Gasteiger partial charge in [0.05, 0.1) is 10.0 Å². The minimum atomic E-state index is -0.168. The van der Waals surface area contributed by atoms with Crippen LogP contribution in [0.4, 0.5) is 0 Å². The van der Waals surface area contributed by atoms with Crippen LogP contribution in [-0.4, -0.2) is 19.0 Å². The highest BCUT2D eigenvalue weighted by Crippen LogP contribution is 2.22. The number of carbonyl (C=O) groups is 1. The van der Waals surface area contributed by atoms with E-state index in [1.165, 1.54) is 0 Å². The quantitative estimate of drug-likeness (QED) is 0.898. The summed E-state index contributed by atoms with van der Waals surface area (Å²) in [6.45, 7) is 3.06. The summed E-state index contributed by atoms with van der Waals surface area (Å²) in [6.07, 6.45) is 0. The van der Waals surface area contributed by atoms with E-state index in [-0.39, 0.29) is 24.2 Å². The lowest BCUT2D eigenvalue weighted by atomic mass is 10.1. The van der Waals surface area contributed by atoms with Crippen molar-refractivity contribution < 1.29 is 4.79 Å². The molecular formula is C11H15Cl3N2O. The molecule has 3 N–H and O–H groups in total. The standard InChI is InChI=1S/C11H14Cl2N2O.ClH/c1-7(5-14)6-15-11(16)8-2-3-9(12)10(13)4-8;/h2-4,7H,5-6,14H2,1H3,(H,15,16);1H. The van der Waals surface area contributed by atoms with Crippen molar-refractivity contribution in [2.45, 2.75) is 6.92 Å². The Balaban J connectivity index is 0.00000256. The maximum atomic E-state index is 11.7. The van der Waals surface area contributed by atoms with Gasteiger partial charge in [0, 0.05) is 12.1 Å². The highest BCUT2D eigenvalue weighted by Gasteiger charge is 2.08. The van der Waals surface area contributed by atoms with Crippen LogP contribution in [-0.2, 0) is 0 Å². The Labute approximate surface area is 117 Å². The van der Waals surface area contributed by atoms with Gasteiger partial charge in [-0.2, -0.15) is 0 Å². The van der Waals surface area contributed by atoms with Crippen LogP contribution in [0.25, 0.3) is 0 Å². The number of benzene rings is 1. The smallest absolute Gasteiger partial charge is 0.251 e. The zero-order chi connectivity index (χ0) is 12.1. The van der Waals surface area contributed by atoms with E-state index in [0.29, 0.717) is 28.7 Å². The SMILES string of the molecule is CC(CN)CNC(=O)c1ccc(Cl)c(Cl)c1.Cl. The first-order valence-corrected chi connectivity index (χ1v) is 5.73. The third-order valence-electron chi connectivity index (χ3n) is 2.20. The molecule has 1 amide bonds. The molecule has 3 nitrogen and oxygen atoms in total. The molecule has 0 aliphatic heterocycles. The molecule has 1 atom stereocenters. The molecule has 0 saturated heterocycles. The molecule has 0 heterocycles. The van der Waals surface area contributed by atoms with Gasteiger partial charge >= 0.3 is 0 Å². The molecule has 1 aromatic rings. The fraction of sp³-hybridized carbons (Fsp3) is 0.364. The van der Waals surface area contributed by atoms with Crippen LogP contribution in [0.1, 0.15) is 17.3 Å². The lowest BCUT2D eigenvalue weighted by molar-refractivity contribution is 0.0948. The second-order valence-electron chi connectivity index (χ2n) is 3.68. The zero-order valence-electron chi connectivity index (χ0n) is 9.37. The lowest BCUT2D eigenvalue weighted by Gasteiger charge is -2.10. The van der Waals surface area contributed by atoms with Gasteiger partial charge in [0.1, 0.15) is 0 Å². The number of halogens is 3. The van der Waals surface area contributed by atoms with E-state index in [0.717, 1.165) is 0 Å². The fourth-order valence-corrected chi connectivity index (χ4v) is 1.39. The van der Waals surface area contributed by atoms with Gasteiger partial charge in [-0.25, -0.2) is 0 Å². The van der Waals surface area contributed by atoms with Crippen LogP contribution in [0.2, 0.25) is 10.0 Å². The molecule has 0 radical (unpaired) electrons. The first-order chi connectivity index (χ1) is 7.54. The summed E-state index contributed by atoms with van der Waals surface area (Å²) in [5.74, 6) is 0.0885. The van der Waals surface area contributed by atoms with Crippen LogP contribution >= 0.6 is 35.6 Å². The average molecular weight is 298 g/mol. The van der Waals surface area contributed by atoms with E-state index >= 15 is 0 Å². The normalized spacial score (nSPS) is 11.5. The molecule has 0 aliphatic carbocycles. The van der Waals surface area contributed by atoms with Gasteiger partial charge in [-0.1, -0.05) is 30.1 Å². The summed E-state index contributed by atoms with van der Waals surface area (Å²) >= 11 is 11.6. The average Bonchev–Trinajstić information content (AvgIpc) is 2.29. The maximum absolute atomic E-state index is 11.7.